The molecule has 0 aliphatic carbocycles. The SMILES string of the molecule is O=C(CC1CCCN1)Nc1cccc(NC(=O)c2ccncc2)c1. The normalized spacial score (nSPS) is 16.6. The molecule has 1 atom stereocenters. The molecule has 0 radical (unpaired) electrons. The van der Waals surface area contributed by atoms with E-state index in [9.17, 15) is 9.59 Å². The summed E-state index contributed by atoms with van der Waals surface area (Å²) < 4.78 is 0. The predicted molar refractivity (Wildman–Crippen MR) is 92.9 cm³/mol. The van der Waals surface area contributed by atoms with Crippen LogP contribution in [0.2, 0.25) is 0 Å². The van der Waals surface area contributed by atoms with Gasteiger partial charge in [-0.05, 0) is 49.7 Å². The number of benzene rings is 1. The Morgan fingerprint density at radius 3 is 2.58 bits per heavy atom. The van der Waals surface area contributed by atoms with E-state index in [-0.39, 0.29) is 17.9 Å². The monoisotopic (exact) mass is 324 g/mol. The van der Waals surface area contributed by atoms with Gasteiger partial charge in [-0.15, -0.1) is 0 Å². The summed E-state index contributed by atoms with van der Waals surface area (Å²) in [7, 11) is 0. The molecule has 6 nitrogen and oxygen atoms in total. The molecule has 1 aliphatic heterocycles. The zero-order valence-electron chi connectivity index (χ0n) is 13.3. The van der Waals surface area contributed by atoms with E-state index in [2.05, 4.69) is 20.9 Å². The van der Waals surface area contributed by atoms with Gasteiger partial charge in [-0.25, -0.2) is 0 Å². The molecule has 1 unspecified atom stereocenters. The van der Waals surface area contributed by atoms with E-state index < -0.39 is 0 Å². The van der Waals surface area contributed by atoms with Crippen LogP contribution in [-0.4, -0.2) is 29.4 Å². The Hall–Kier alpha value is -2.73. The van der Waals surface area contributed by atoms with Crippen LogP contribution in [0.1, 0.15) is 29.6 Å². The molecule has 2 aromatic rings. The van der Waals surface area contributed by atoms with E-state index in [0.29, 0.717) is 23.4 Å². The van der Waals surface area contributed by atoms with E-state index >= 15 is 0 Å². The molecule has 3 N–H and O–H groups in total. The van der Waals surface area contributed by atoms with Gasteiger partial charge in [0.1, 0.15) is 0 Å². The van der Waals surface area contributed by atoms with Crippen molar-refractivity contribution in [3.05, 3.63) is 54.4 Å². The van der Waals surface area contributed by atoms with Gasteiger partial charge in [0.05, 0.1) is 0 Å². The Morgan fingerprint density at radius 2 is 1.88 bits per heavy atom. The zero-order chi connectivity index (χ0) is 16.8. The molecule has 0 bridgehead atoms. The number of hydrogen-bond donors (Lipinski definition) is 3. The lowest BCUT2D eigenvalue weighted by molar-refractivity contribution is -0.116. The predicted octanol–water partition coefficient (Wildman–Crippen LogP) is 2.41. The highest BCUT2D eigenvalue weighted by Gasteiger charge is 2.17. The van der Waals surface area contributed by atoms with Crippen LogP contribution in [0.4, 0.5) is 11.4 Å². The molecule has 2 amide bonds. The van der Waals surface area contributed by atoms with Gasteiger partial charge >= 0.3 is 0 Å². The molecular formula is C18H20N4O2. The molecule has 1 fully saturated rings. The van der Waals surface area contributed by atoms with Crippen LogP contribution in [0.25, 0.3) is 0 Å². The van der Waals surface area contributed by atoms with Crippen LogP contribution >= 0.6 is 0 Å². The van der Waals surface area contributed by atoms with Crippen LogP contribution in [0.3, 0.4) is 0 Å². The molecule has 1 aromatic heterocycles. The highest BCUT2D eigenvalue weighted by Crippen LogP contribution is 2.17. The second-order valence-corrected chi connectivity index (χ2v) is 5.82. The van der Waals surface area contributed by atoms with Crippen molar-refractivity contribution in [2.24, 2.45) is 0 Å². The highest BCUT2D eigenvalue weighted by molar-refractivity contribution is 6.04. The number of nitrogens with zero attached hydrogens (tertiary/aromatic N) is 1. The second kappa shape index (κ2) is 7.70. The van der Waals surface area contributed by atoms with Crippen molar-refractivity contribution in [3.63, 3.8) is 0 Å². The lowest BCUT2D eigenvalue weighted by atomic mass is 10.1. The number of hydrogen-bond acceptors (Lipinski definition) is 4. The van der Waals surface area contributed by atoms with Gasteiger partial charge < -0.3 is 16.0 Å². The van der Waals surface area contributed by atoms with Crippen LogP contribution in [0.15, 0.2) is 48.8 Å². The minimum atomic E-state index is -0.212. The topological polar surface area (TPSA) is 83.1 Å². The van der Waals surface area contributed by atoms with E-state index in [1.165, 1.54) is 0 Å². The molecule has 1 saturated heterocycles. The highest BCUT2D eigenvalue weighted by atomic mass is 16.2. The molecule has 1 aliphatic rings. The summed E-state index contributed by atoms with van der Waals surface area (Å²) in [5.74, 6) is -0.233. The lowest BCUT2D eigenvalue weighted by Gasteiger charge is -2.11. The lowest BCUT2D eigenvalue weighted by Crippen LogP contribution is -2.27. The quantitative estimate of drug-likeness (QED) is 0.789. The van der Waals surface area contributed by atoms with Gasteiger partial charge in [0.15, 0.2) is 0 Å². The van der Waals surface area contributed by atoms with Crippen molar-refractivity contribution in [1.29, 1.82) is 0 Å². The number of rotatable bonds is 5. The number of anilines is 2. The molecule has 0 spiro atoms. The maximum atomic E-state index is 12.1. The first-order valence-corrected chi connectivity index (χ1v) is 8.05. The molecule has 0 saturated carbocycles. The average Bonchev–Trinajstić information content (AvgIpc) is 3.08. The van der Waals surface area contributed by atoms with Gasteiger partial charge in [0.25, 0.3) is 5.91 Å². The third-order valence-electron chi connectivity index (χ3n) is 3.94. The summed E-state index contributed by atoms with van der Waals surface area (Å²) in [6.07, 6.45) is 5.77. The fourth-order valence-electron chi connectivity index (χ4n) is 2.75. The summed E-state index contributed by atoms with van der Waals surface area (Å²) in [5.41, 5.74) is 1.84. The van der Waals surface area contributed by atoms with Gasteiger partial charge in [-0.2, -0.15) is 0 Å². The van der Waals surface area contributed by atoms with Gasteiger partial charge in [-0.3, -0.25) is 14.6 Å². The third-order valence-corrected chi connectivity index (χ3v) is 3.94. The Kier molecular flexibility index (Phi) is 5.18. The number of pyridine rings is 1. The Bertz CT molecular complexity index is 712. The fraction of sp³-hybridized carbons (Fsp3) is 0.278. The van der Waals surface area contributed by atoms with Crippen LogP contribution in [0, 0.1) is 0 Å². The van der Waals surface area contributed by atoms with E-state index in [1.807, 2.05) is 6.07 Å². The van der Waals surface area contributed by atoms with Crippen molar-refractivity contribution in [2.45, 2.75) is 25.3 Å². The number of carbonyl (C=O) groups excluding carboxylic acids is 2. The summed E-state index contributed by atoms with van der Waals surface area (Å²) in [6, 6.07) is 10.7. The van der Waals surface area contributed by atoms with E-state index in [1.54, 1.807) is 42.7 Å². The molecule has 2 heterocycles. The van der Waals surface area contributed by atoms with Gasteiger partial charge in [0, 0.05) is 41.8 Å². The van der Waals surface area contributed by atoms with Crippen LogP contribution < -0.4 is 16.0 Å². The number of nitrogens with one attached hydrogen (secondary N) is 3. The van der Waals surface area contributed by atoms with Gasteiger partial charge in [0.2, 0.25) is 5.91 Å². The minimum Gasteiger partial charge on any atom is -0.326 e. The van der Waals surface area contributed by atoms with Gasteiger partial charge in [-0.1, -0.05) is 6.07 Å². The van der Waals surface area contributed by atoms with Crippen molar-refractivity contribution >= 4 is 23.2 Å². The maximum absolute atomic E-state index is 12.1. The van der Waals surface area contributed by atoms with Crippen molar-refractivity contribution < 1.29 is 9.59 Å². The summed E-state index contributed by atoms with van der Waals surface area (Å²) in [5, 5.41) is 9.00. The van der Waals surface area contributed by atoms with E-state index in [0.717, 1.165) is 19.4 Å². The maximum Gasteiger partial charge on any atom is 0.255 e. The molecule has 24 heavy (non-hydrogen) atoms. The summed E-state index contributed by atoms with van der Waals surface area (Å²) >= 11 is 0. The van der Waals surface area contributed by atoms with Crippen molar-refractivity contribution in [3.8, 4) is 0 Å². The largest absolute Gasteiger partial charge is 0.326 e. The van der Waals surface area contributed by atoms with E-state index in [4.69, 9.17) is 0 Å². The third kappa shape index (κ3) is 4.39. The summed E-state index contributed by atoms with van der Waals surface area (Å²) in [4.78, 5) is 28.1. The summed E-state index contributed by atoms with van der Waals surface area (Å²) in [6.45, 7) is 0.981. The van der Waals surface area contributed by atoms with Crippen LogP contribution in [-0.2, 0) is 4.79 Å². The van der Waals surface area contributed by atoms with Crippen molar-refractivity contribution in [2.75, 3.05) is 17.2 Å². The molecule has 6 heteroatoms. The number of carbonyl (C=O) groups is 2. The van der Waals surface area contributed by atoms with Crippen molar-refractivity contribution in [1.82, 2.24) is 10.3 Å². The smallest absolute Gasteiger partial charge is 0.255 e. The first kappa shape index (κ1) is 16.1. The second-order valence-electron chi connectivity index (χ2n) is 5.82. The minimum absolute atomic E-state index is 0.0213. The molecule has 124 valence electrons. The molecular weight excluding hydrogens is 304 g/mol. The van der Waals surface area contributed by atoms with Crippen LogP contribution in [0.5, 0.6) is 0 Å². The Labute approximate surface area is 140 Å². The first-order chi connectivity index (χ1) is 11.7. The Morgan fingerprint density at radius 1 is 1.12 bits per heavy atom. The average molecular weight is 324 g/mol. The number of aromatic nitrogens is 1. The first-order valence-electron chi connectivity index (χ1n) is 8.05. The zero-order valence-corrected chi connectivity index (χ0v) is 13.3. The number of amides is 2. The fourth-order valence-corrected chi connectivity index (χ4v) is 2.75. The Balaban J connectivity index is 1.59. The molecule has 3 rings (SSSR count). The molecule has 1 aromatic carbocycles. The standard InChI is InChI=1S/C18H20N4O2/c23-17(12-14-5-2-8-20-14)21-15-3-1-4-16(11-15)22-18(24)13-6-9-19-10-7-13/h1,3-4,6-7,9-11,14,20H,2,5,8,12H2,(H,21,23)(H,22,24).